The van der Waals surface area contributed by atoms with Crippen LogP contribution in [0.1, 0.15) is 44.1 Å². The van der Waals surface area contributed by atoms with Gasteiger partial charge in [-0.3, -0.25) is 25.2 Å². The lowest BCUT2D eigenvalue weighted by atomic mass is 9.97. The van der Waals surface area contributed by atoms with Crippen molar-refractivity contribution in [1.29, 1.82) is 0 Å². The molecule has 1 heterocycles. The molecule has 2 aromatic carbocycles. The van der Waals surface area contributed by atoms with E-state index in [1.54, 1.807) is 18.9 Å². The minimum Gasteiger partial charge on any atom is -0.497 e. The molecule has 0 radical (unpaired) electrons. The van der Waals surface area contributed by atoms with Gasteiger partial charge < -0.3 is 9.64 Å². The molecule has 0 saturated carbocycles. The fourth-order valence-corrected chi connectivity index (χ4v) is 3.45. The van der Waals surface area contributed by atoms with Crippen LogP contribution in [0.2, 0.25) is 0 Å². The molecule has 1 aliphatic rings. The van der Waals surface area contributed by atoms with Crippen LogP contribution in [-0.2, 0) is 14.4 Å². The van der Waals surface area contributed by atoms with E-state index in [0.717, 1.165) is 41.3 Å². The quantitative estimate of drug-likeness (QED) is 0.759. The zero-order valence-corrected chi connectivity index (χ0v) is 16.9. The monoisotopic (exact) mass is 397 g/mol. The summed E-state index contributed by atoms with van der Waals surface area (Å²) in [6.45, 7) is 2.33. The minimum atomic E-state index is -0.443. The lowest BCUT2D eigenvalue weighted by Crippen LogP contribution is -2.48. The highest BCUT2D eigenvalue weighted by molar-refractivity contribution is 5.90. The zero-order valence-electron chi connectivity index (χ0n) is 16.9. The van der Waals surface area contributed by atoms with Gasteiger partial charge in [0.2, 0.25) is 11.8 Å². The van der Waals surface area contributed by atoms with Crippen molar-refractivity contribution in [3.8, 4) is 5.75 Å². The van der Waals surface area contributed by atoms with Gasteiger partial charge in [0.05, 0.1) is 13.0 Å². The predicted molar refractivity (Wildman–Crippen MR) is 110 cm³/mol. The largest absolute Gasteiger partial charge is 0.497 e. The van der Waals surface area contributed by atoms with Crippen LogP contribution < -0.4 is 15.6 Å². The second-order valence-corrected chi connectivity index (χ2v) is 7.36. The Hall–Kier alpha value is -3.09. The first kappa shape index (κ1) is 20.6. The van der Waals surface area contributed by atoms with E-state index < -0.39 is 11.8 Å². The first-order valence-electron chi connectivity index (χ1n) is 9.92. The fraction of sp³-hybridized carbons (Fsp3) is 0.409. The maximum atomic E-state index is 12.5. The van der Waals surface area contributed by atoms with Gasteiger partial charge >= 0.3 is 0 Å². The smallest absolute Gasteiger partial charge is 0.257 e. The normalized spacial score (nSPS) is 15.5. The number of amides is 3. The van der Waals surface area contributed by atoms with Crippen LogP contribution in [0.3, 0.4) is 0 Å². The van der Waals surface area contributed by atoms with Crippen LogP contribution in [0.5, 0.6) is 5.75 Å². The molecule has 7 nitrogen and oxygen atoms in total. The summed E-state index contributed by atoms with van der Waals surface area (Å²) in [6, 6.07) is 11.6. The van der Waals surface area contributed by atoms with Gasteiger partial charge in [-0.1, -0.05) is 30.7 Å². The van der Waals surface area contributed by atoms with Crippen LogP contribution in [0, 0.1) is 0 Å². The first-order chi connectivity index (χ1) is 14.0. The Morgan fingerprint density at radius 2 is 1.83 bits per heavy atom. The van der Waals surface area contributed by atoms with Gasteiger partial charge in [-0.05, 0) is 48.2 Å². The van der Waals surface area contributed by atoms with Crippen LogP contribution in [0.4, 0.5) is 0 Å². The predicted octanol–water partition coefficient (Wildman–Crippen LogP) is 2.50. The summed E-state index contributed by atoms with van der Waals surface area (Å²) in [5.41, 5.74) is 5.74. The van der Waals surface area contributed by atoms with Crippen molar-refractivity contribution in [1.82, 2.24) is 15.8 Å². The lowest BCUT2D eigenvalue weighted by molar-refractivity contribution is -0.136. The van der Waals surface area contributed by atoms with E-state index in [1.165, 1.54) is 0 Å². The summed E-state index contributed by atoms with van der Waals surface area (Å²) in [6.07, 6.45) is 3.24. The summed E-state index contributed by atoms with van der Waals surface area (Å²) in [5.74, 6) is -0.381. The third-order valence-electron chi connectivity index (χ3n) is 5.30. The van der Waals surface area contributed by atoms with E-state index in [0.29, 0.717) is 13.0 Å². The standard InChI is InChI=1S/C22H27N3O4/c1-15(16-7-8-18-13-19(29-2)10-9-17(18)12-16)22(28)24-23-20(26)14-25-11-5-3-4-6-21(25)27/h7-10,12-13,15H,3-6,11,14H2,1-2H3,(H,23,26)(H,24,28). The maximum Gasteiger partial charge on any atom is 0.257 e. The topological polar surface area (TPSA) is 87.7 Å². The van der Waals surface area contributed by atoms with Crippen LogP contribution in [-0.4, -0.2) is 42.8 Å². The van der Waals surface area contributed by atoms with E-state index in [4.69, 9.17) is 4.74 Å². The molecule has 0 spiro atoms. The van der Waals surface area contributed by atoms with Gasteiger partial charge in [-0.2, -0.15) is 0 Å². The molecule has 1 aliphatic heterocycles. The number of likely N-dealkylation sites (tertiary alicyclic amines) is 1. The number of ether oxygens (including phenoxy) is 1. The molecule has 2 N–H and O–H groups in total. The number of hydrogen-bond acceptors (Lipinski definition) is 4. The maximum absolute atomic E-state index is 12.5. The third kappa shape index (κ3) is 5.25. The van der Waals surface area contributed by atoms with E-state index in [1.807, 2.05) is 36.4 Å². The minimum absolute atomic E-state index is 0.00913. The molecule has 1 unspecified atom stereocenters. The molecule has 1 fully saturated rings. The number of benzene rings is 2. The second kappa shape index (κ2) is 9.41. The highest BCUT2D eigenvalue weighted by Crippen LogP contribution is 2.25. The summed E-state index contributed by atoms with van der Waals surface area (Å²) < 4.78 is 5.23. The Bertz CT molecular complexity index is 912. The molecule has 1 saturated heterocycles. The van der Waals surface area contributed by atoms with Gasteiger partial charge in [-0.15, -0.1) is 0 Å². The number of carbonyl (C=O) groups excluding carboxylic acids is 3. The summed E-state index contributed by atoms with van der Waals surface area (Å²) >= 11 is 0. The van der Waals surface area contributed by atoms with Crippen molar-refractivity contribution in [3.05, 3.63) is 42.0 Å². The van der Waals surface area contributed by atoms with Gasteiger partial charge in [0.15, 0.2) is 0 Å². The molecular formula is C22H27N3O4. The number of methoxy groups -OCH3 is 1. The molecule has 0 aromatic heterocycles. The number of carbonyl (C=O) groups is 3. The Labute approximate surface area is 170 Å². The highest BCUT2D eigenvalue weighted by Gasteiger charge is 2.20. The zero-order chi connectivity index (χ0) is 20.8. The van der Waals surface area contributed by atoms with Crippen molar-refractivity contribution in [2.24, 2.45) is 0 Å². The van der Waals surface area contributed by atoms with Gasteiger partial charge in [-0.25, -0.2) is 0 Å². The van der Waals surface area contributed by atoms with Gasteiger partial charge in [0.25, 0.3) is 5.91 Å². The van der Waals surface area contributed by atoms with Crippen molar-refractivity contribution in [3.63, 3.8) is 0 Å². The molecule has 3 amide bonds. The molecule has 0 bridgehead atoms. The number of nitrogens with one attached hydrogen (secondary N) is 2. The van der Waals surface area contributed by atoms with Crippen molar-refractivity contribution in [2.45, 2.75) is 38.5 Å². The molecule has 1 atom stereocenters. The lowest BCUT2D eigenvalue weighted by Gasteiger charge is -2.20. The van der Waals surface area contributed by atoms with E-state index in [2.05, 4.69) is 10.9 Å². The molecule has 154 valence electrons. The summed E-state index contributed by atoms with van der Waals surface area (Å²) in [5, 5.41) is 2.03. The second-order valence-electron chi connectivity index (χ2n) is 7.36. The summed E-state index contributed by atoms with van der Waals surface area (Å²) in [4.78, 5) is 38.1. The van der Waals surface area contributed by atoms with Gasteiger partial charge in [0.1, 0.15) is 12.3 Å². The number of hydrogen-bond donors (Lipinski definition) is 2. The van der Waals surface area contributed by atoms with Crippen molar-refractivity contribution in [2.75, 3.05) is 20.2 Å². The Kier molecular flexibility index (Phi) is 6.69. The number of nitrogens with zero attached hydrogens (tertiary/aromatic N) is 1. The fourth-order valence-electron chi connectivity index (χ4n) is 3.45. The number of hydrazine groups is 1. The van der Waals surface area contributed by atoms with Crippen LogP contribution in [0.25, 0.3) is 10.8 Å². The number of fused-ring (bicyclic) bond motifs is 1. The Balaban J connectivity index is 1.56. The van der Waals surface area contributed by atoms with E-state index >= 15 is 0 Å². The van der Waals surface area contributed by atoms with Crippen LogP contribution in [0.15, 0.2) is 36.4 Å². The molecule has 7 heteroatoms. The summed E-state index contributed by atoms with van der Waals surface area (Å²) in [7, 11) is 1.62. The highest BCUT2D eigenvalue weighted by atomic mass is 16.5. The number of rotatable bonds is 5. The first-order valence-corrected chi connectivity index (χ1v) is 9.92. The van der Waals surface area contributed by atoms with Gasteiger partial charge in [0, 0.05) is 13.0 Å². The molecule has 29 heavy (non-hydrogen) atoms. The van der Waals surface area contributed by atoms with E-state index in [-0.39, 0.29) is 18.4 Å². The average Bonchev–Trinajstić information content (AvgIpc) is 2.94. The average molecular weight is 397 g/mol. The Morgan fingerprint density at radius 1 is 1.07 bits per heavy atom. The molecule has 0 aliphatic carbocycles. The van der Waals surface area contributed by atoms with Crippen molar-refractivity contribution >= 4 is 28.5 Å². The SMILES string of the molecule is COc1ccc2cc(C(C)C(=O)NNC(=O)CN3CCCCCC3=O)ccc2c1. The van der Waals surface area contributed by atoms with Crippen LogP contribution >= 0.6 is 0 Å². The molecule has 2 aromatic rings. The van der Waals surface area contributed by atoms with Crippen molar-refractivity contribution < 1.29 is 19.1 Å². The van der Waals surface area contributed by atoms with E-state index in [9.17, 15) is 14.4 Å². The Morgan fingerprint density at radius 3 is 2.62 bits per heavy atom. The third-order valence-corrected chi connectivity index (χ3v) is 5.30. The molecule has 3 rings (SSSR count). The molecular weight excluding hydrogens is 370 g/mol.